The highest BCUT2D eigenvalue weighted by Crippen LogP contribution is 2.33. The second-order valence-electron chi connectivity index (χ2n) is 8.78. The van der Waals surface area contributed by atoms with Crippen molar-refractivity contribution in [1.29, 1.82) is 0 Å². The summed E-state index contributed by atoms with van der Waals surface area (Å²) < 4.78 is 1.47. The smallest absolute Gasteiger partial charge is 0.270 e. The Morgan fingerprint density at radius 3 is 2.45 bits per heavy atom. The third-order valence-electron chi connectivity index (χ3n) is 5.81. The number of piperidine rings is 1. The van der Waals surface area contributed by atoms with Crippen molar-refractivity contribution < 1.29 is 9.72 Å². The molecule has 1 saturated heterocycles. The molecule has 11 heteroatoms. The molecule has 3 aromatic rings. The monoisotopic (exact) mass is 467 g/mol. The minimum absolute atomic E-state index is 0.163. The van der Waals surface area contributed by atoms with Crippen LogP contribution in [0.3, 0.4) is 0 Å². The molecule has 1 amide bonds. The highest BCUT2D eigenvalue weighted by Gasteiger charge is 2.25. The summed E-state index contributed by atoms with van der Waals surface area (Å²) in [7, 11) is 1.68. The zero-order valence-electron chi connectivity index (χ0n) is 18.7. The van der Waals surface area contributed by atoms with Gasteiger partial charge in [-0.1, -0.05) is 13.8 Å². The first-order valence-electron chi connectivity index (χ1n) is 10.6. The van der Waals surface area contributed by atoms with Crippen LogP contribution in [0.4, 0.5) is 17.1 Å². The summed E-state index contributed by atoms with van der Waals surface area (Å²) >= 11 is 1.16. The van der Waals surface area contributed by atoms with Gasteiger partial charge in [0.25, 0.3) is 11.6 Å². The van der Waals surface area contributed by atoms with Crippen LogP contribution in [-0.4, -0.2) is 44.1 Å². The van der Waals surface area contributed by atoms with Crippen molar-refractivity contribution in [2.24, 2.45) is 12.5 Å². The molecule has 33 heavy (non-hydrogen) atoms. The molecule has 0 atom stereocenters. The Hall–Kier alpha value is -3.47. The third-order valence-corrected chi connectivity index (χ3v) is 6.91. The SMILES string of the molecule is Cn1nnnc1Sc1ccc([N+](=O)[O-])cc1C(=O)Nc1ccc(N2CCC(C)(C)CC2)cc1. The summed E-state index contributed by atoms with van der Waals surface area (Å²) in [6, 6.07) is 11.8. The van der Waals surface area contributed by atoms with Gasteiger partial charge in [0.2, 0.25) is 5.16 Å². The molecule has 0 aliphatic carbocycles. The van der Waals surface area contributed by atoms with E-state index in [9.17, 15) is 14.9 Å². The highest BCUT2D eigenvalue weighted by atomic mass is 32.2. The Kier molecular flexibility index (Phi) is 6.32. The zero-order chi connectivity index (χ0) is 23.6. The van der Waals surface area contributed by atoms with Crippen molar-refractivity contribution in [1.82, 2.24) is 20.2 Å². The number of rotatable bonds is 6. The Balaban J connectivity index is 1.52. The Morgan fingerprint density at radius 2 is 1.85 bits per heavy atom. The van der Waals surface area contributed by atoms with Gasteiger partial charge >= 0.3 is 0 Å². The summed E-state index contributed by atoms with van der Waals surface area (Å²) in [4.78, 5) is 26.7. The number of carbonyl (C=O) groups is 1. The molecule has 0 unspecified atom stereocenters. The zero-order valence-corrected chi connectivity index (χ0v) is 19.5. The summed E-state index contributed by atoms with van der Waals surface area (Å²) in [6.07, 6.45) is 2.28. The van der Waals surface area contributed by atoms with Gasteiger partial charge in [-0.3, -0.25) is 14.9 Å². The van der Waals surface area contributed by atoms with Gasteiger partial charge in [-0.2, -0.15) is 0 Å². The fourth-order valence-corrected chi connectivity index (χ4v) is 4.47. The number of hydrogen-bond donors (Lipinski definition) is 1. The van der Waals surface area contributed by atoms with Crippen molar-refractivity contribution in [3.8, 4) is 0 Å². The number of hydrogen-bond acceptors (Lipinski definition) is 8. The predicted octanol–water partition coefficient (Wildman–Crippen LogP) is 4.15. The lowest BCUT2D eigenvalue weighted by Crippen LogP contribution is -2.37. The molecular formula is C22H25N7O3S. The molecule has 2 aromatic carbocycles. The van der Waals surface area contributed by atoms with Gasteiger partial charge in [0.15, 0.2) is 0 Å². The maximum atomic E-state index is 13.1. The molecule has 4 rings (SSSR count). The van der Waals surface area contributed by atoms with Gasteiger partial charge < -0.3 is 10.2 Å². The van der Waals surface area contributed by atoms with Gasteiger partial charge in [-0.15, -0.1) is 5.10 Å². The first kappa shape index (κ1) is 22.7. The fourth-order valence-electron chi connectivity index (χ4n) is 3.63. The average Bonchev–Trinajstić information content (AvgIpc) is 3.19. The van der Waals surface area contributed by atoms with Crippen LogP contribution in [-0.2, 0) is 7.05 Å². The summed E-state index contributed by atoms with van der Waals surface area (Å²) in [6.45, 7) is 6.60. The molecule has 10 nitrogen and oxygen atoms in total. The molecule has 2 heterocycles. The number of nitro groups is 1. The first-order chi connectivity index (χ1) is 15.7. The van der Waals surface area contributed by atoms with Gasteiger partial charge in [-0.05, 0) is 70.8 Å². The number of benzene rings is 2. The Labute approximate surface area is 195 Å². The number of non-ortho nitro benzene ring substituents is 1. The van der Waals surface area contributed by atoms with Crippen molar-refractivity contribution in [2.45, 2.75) is 36.7 Å². The van der Waals surface area contributed by atoms with Gasteiger partial charge in [0, 0.05) is 48.5 Å². The number of aryl methyl sites for hydroxylation is 1. The molecule has 1 N–H and O–H groups in total. The van der Waals surface area contributed by atoms with Crippen LogP contribution >= 0.6 is 11.8 Å². The molecule has 1 aromatic heterocycles. The lowest BCUT2D eigenvalue weighted by molar-refractivity contribution is -0.384. The van der Waals surface area contributed by atoms with Crippen LogP contribution in [0, 0.1) is 15.5 Å². The average molecular weight is 468 g/mol. The Bertz CT molecular complexity index is 1170. The number of nitrogens with zero attached hydrogens (tertiary/aromatic N) is 6. The van der Waals surface area contributed by atoms with Gasteiger partial charge in [0.05, 0.1) is 10.5 Å². The summed E-state index contributed by atoms with van der Waals surface area (Å²) in [5, 5.41) is 25.9. The number of anilines is 2. The maximum absolute atomic E-state index is 13.1. The normalized spacial score (nSPS) is 15.3. The van der Waals surface area contributed by atoms with Crippen molar-refractivity contribution in [3.05, 3.63) is 58.1 Å². The van der Waals surface area contributed by atoms with Crippen molar-refractivity contribution in [2.75, 3.05) is 23.3 Å². The second-order valence-corrected chi connectivity index (χ2v) is 9.79. The second kappa shape index (κ2) is 9.18. The number of nitro benzene ring substituents is 1. The number of aromatic nitrogens is 4. The van der Waals surface area contributed by atoms with Gasteiger partial charge in [0.1, 0.15) is 0 Å². The van der Waals surface area contributed by atoms with Gasteiger partial charge in [-0.25, -0.2) is 4.68 Å². The molecule has 1 fully saturated rings. The summed E-state index contributed by atoms with van der Waals surface area (Å²) in [5.74, 6) is -0.441. The fraction of sp³-hybridized carbons (Fsp3) is 0.364. The quantitative estimate of drug-likeness (QED) is 0.424. The number of tetrazole rings is 1. The molecule has 1 aliphatic heterocycles. The third kappa shape index (κ3) is 5.30. The molecule has 0 spiro atoms. The van der Waals surface area contributed by atoms with Crippen LogP contribution in [0.15, 0.2) is 52.5 Å². The minimum atomic E-state index is -0.524. The minimum Gasteiger partial charge on any atom is -0.371 e. The van der Waals surface area contributed by atoms with E-state index in [0.717, 1.165) is 43.4 Å². The van der Waals surface area contributed by atoms with E-state index in [0.29, 0.717) is 21.2 Å². The number of carbonyl (C=O) groups excluding carboxylic acids is 1. The van der Waals surface area contributed by atoms with E-state index < -0.39 is 10.8 Å². The first-order valence-corrected chi connectivity index (χ1v) is 11.4. The Morgan fingerprint density at radius 1 is 1.15 bits per heavy atom. The molecule has 0 radical (unpaired) electrons. The van der Waals surface area contributed by atoms with E-state index in [1.807, 2.05) is 24.3 Å². The lowest BCUT2D eigenvalue weighted by Gasteiger charge is -2.38. The molecule has 0 saturated carbocycles. The van der Waals surface area contributed by atoms with Crippen LogP contribution in [0.25, 0.3) is 0 Å². The molecule has 0 bridgehead atoms. The van der Waals surface area contributed by atoms with E-state index in [-0.39, 0.29) is 11.3 Å². The van der Waals surface area contributed by atoms with Crippen LogP contribution < -0.4 is 10.2 Å². The van der Waals surface area contributed by atoms with Crippen LogP contribution in [0.2, 0.25) is 0 Å². The topological polar surface area (TPSA) is 119 Å². The van der Waals surface area contributed by atoms with E-state index in [1.54, 1.807) is 7.05 Å². The van der Waals surface area contributed by atoms with Crippen molar-refractivity contribution >= 4 is 34.7 Å². The molecule has 172 valence electrons. The van der Waals surface area contributed by atoms with E-state index >= 15 is 0 Å². The molecular weight excluding hydrogens is 442 g/mol. The highest BCUT2D eigenvalue weighted by molar-refractivity contribution is 7.99. The standard InChI is InChI=1S/C22H25N7O3S/c1-22(2)10-12-28(13-11-22)16-6-4-15(5-7-16)23-20(30)18-14-17(29(31)32)8-9-19(18)33-21-24-25-26-27(21)3/h4-9,14H,10-13H2,1-3H3,(H,23,30). The number of amides is 1. The van der Waals surface area contributed by atoms with E-state index in [4.69, 9.17) is 0 Å². The van der Waals surface area contributed by atoms with E-state index in [2.05, 4.69) is 39.6 Å². The largest absolute Gasteiger partial charge is 0.371 e. The van der Waals surface area contributed by atoms with Crippen molar-refractivity contribution in [3.63, 3.8) is 0 Å². The lowest BCUT2D eigenvalue weighted by atomic mass is 9.82. The predicted molar refractivity (Wildman–Crippen MR) is 126 cm³/mol. The molecule has 1 aliphatic rings. The maximum Gasteiger partial charge on any atom is 0.270 e. The van der Waals surface area contributed by atoms with Crippen LogP contribution in [0.5, 0.6) is 0 Å². The van der Waals surface area contributed by atoms with Crippen LogP contribution in [0.1, 0.15) is 37.0 Å². The van der Waals surface area contributed by atoms with E-state index in [1.165, 1.54) is 22.9 Å². The summed E-state index contributed by atoms with van der Waals surface area (Å²) in [5.41, 5.74) is 2.12. The number of nitrogens with one attached hydrogen (secondary N) is 1.